The van der Waals surface area contributed by atoms with E-state index in [-0.39, 0.29) is 35.4 Å². The van der Waals surface area contributed by atoms with Crippen molar-refractivity contribution < 1.29 is 27.3 Å². The molecule has 190 valence electrons. The van der Waals surface area contributed by atoms with Crippen molar-refractivity contribution in [2.75, 3.05) is 37.1 Å². The van der Waals surface area contributed by atoms with Crippen LogP contribution in [0.4, 0.5) is 18.9 Å². The van der Waals surface area contributed by atoms with E-state index in [4.69, 9.17) is 4.74 Å². The molecule has 1 amide bonds. The smallest absolute Gasteiger partial charge is 0.416 e. The number of alkyl halides is 3. The first-order chi connectivity index (χ1) is 16.5. The van der Waals surface area contributed by atoms with Crippen LogP contribution in [0.15, 0.2) is 41.4 Å². The number of hydrogen-bond acceptors (Lipinski definition) is 6. The SMILES string of the molecule is CC(C)(CN1CCCCC1)NC(=O)c1cnc2c(c1)N([S+]([O-])c1ccc(C(F)(F)F)cc1)CCO2. The second-order valence-corrected chi connectivity index (χ2v) is 10.9. The monoisotopic (exact) mass is 510 g/mol. The maximum atomic E-state index is 13.2. The lowest BCUT2D eigenvalue weighted by atomic mass is 10.0. The number of nitrogens with zero attached hydrogens (tertiary/aromatic N) is 3. The topological polar surface area (TPSA) is 80.8 Å². The van der Waals surface area contributed by atoms with Crippen LogP contribution < -0.4 is 14.4 Å². The summed E-state index contributed by atoms with van der Waals surface area (Å²) in [6.07, 6.45) is 0.487. The molecule has 1 atom stereocenters. The van der Waals surface area contributed by atoms with Gasteiger partial charge in [-0.05, 0) is 70.1 Å². The maximum Gasteiger partial charge on any atom is 0.416 e. The number of pyridine rings is 1. The van der Waals surface area contributed by atoms with Gasteiger partial charge in [-0.25, -0.2) is 4.98 Å². The molecule has 1 saturated heterocycles. The molecule has 3 heterocycles. The van der Waals surface area contributed by atoms with E-state index in [0.29, 0.717) is 5.69 Å². The third-order valence-electron chi connectivity index (χ3n) is 6.00. The zero-order valence-corrected chi connectivity index (χ0v) is 20.5. The molecule has 35 heavy (non-hydrogen) atoms. The molecule has 2 aliphatic heterocycles. The summed E-state index contributed by atoms with van der Waals surface area (Å²) in [5.74, 6) is -0.0891. The molecule has 2 aliphatic rings. The van der Waals surface area contributed by atoms with E-state index < -0.39 is 28.6 Å². The van der Waals surface area contributed by atoms with Crippen molar-refractivity contribution in [1.29, 1.82) is 0 Å². The van der Waals surface area contributed by atoms with Gasteiger partial charge in [-0.2, -0.15) is 17.5 Å². The van der Waals surface area contributed by atoms with Gasteiger partial charge in [0.25, 0.3) is 5.91 Å². The van der Waals surface area contributed by atoms with Gasteiger partial charge in [0.05, 0.1) is 11.1 Å². The highest BCUT2D eigenvalue weighted by Crippen LogP contribution is 2.35. The van der Waals surface area contributed by atoms with E-state index in [2.05, 4.69) is 15.2 Å². The standard InChI is InChI=1S/C24H29F3N4O3S/c1-23(2,16-30-10-4-3-5-11-30)29-21(32)17-14-20-22(28-15-17)34-13-12-31(20)35(33)19-8-6-18(7-9-19)24(25,26)27/h6-9,14-15H,3-5,10-13,16H2,1-2H3,(H,29,32). The fourth-order valence-electron chi connectivity index (χ4n) is 4.36. The van der Waals surface area contributed by atoms with Crippen LogP contribution in [0.5, 0.6) is 5.88 Å². The highest BCUT2D eigenvalue weighted by molar-refractivity contribution is 7.92. The van der Waals surface area contributed by atoms with Crippen molar-refractivity contribution in [2.45, 2.75) is 49.7 Å². The molecule has 11 heteroatoms. The number of nitrogens with one attached hydrogen (secondary N) is 1. The minimum Gasteiger partial charge on any atom is -0.588 e. The Morgan fingerprint density at radius 1 is 1.14 bits per heavy atom. The molecule has 1 fully saturated rings. The Morgan fingerprint density at radius 3 is 2.49 bits per heavy atom. The Labute approximate surface area is 206 Å². The van der Waals surface area contributed by atoms with Crippen molar-refractivity contribution in [3.05, 3.63) is 47.7 Å². The van der Waals surface area contributed by atoms with Crippen LogP contribution >= 0.6 is 0 Å². The van der Waals surface area contributed by atoms with E-state index in [1.807, 2.05) is 13.8 Å². The Balaban J connectivity index is 1.50. The number of amides is 1. The molecule has 0 radical (unpaired) electrons. The van der Waals surface area contributed by atoms with Crippen molar-refractivity contribution in [1.82, 2.24) is 15.2 Å². The van der Waals surface area contributed by atoms with Crippen LogP contribution in [0.1, 0.15) is 49.0 Å². The summed E-state index contributed by atoms with van der Waals surface area (Å²) in [6, 6.07) is 5.76. The predicted molar refractivity (Wildman–Crippen MR) is 127 cm³/mol. The molecule has 4 rings (SSSR count). The first-order valence-electron chi connectivity index (χ1n) is 11.6. The average molecular weight is 511 g/mol. The lowest BCUT2D eigenvalue weighted by Gasteiger charge is -2.35. The molecular weight excluding hydrogens is 481 g/mol. The Morgan fingerprint density at radius 2 is 1.83 bits per heavy atom. The second-order valence-electron chi connectivity index (χ2n) is 9.44. The Kier molecular flexibility index (Phi) is 7.48. The Bertz CT molecular complexity index is 1040. The van der Waals surface area contributed by atoms with E-state index in [9.17, 15) is 22.5 Å². The fraction of sp³-hybridized carbons (Fsp3) is 0.500. The van der Waals surface area contributed by atoms with Crippen molar-refractivity contribution in [2.24, 2.45) is 0 Å². The number of rotatable bonds is 6. The van der Waals surface area contributed by atoms with Crippen molar-refractivity contribution >= 4 is 23.0 Å². The predicted octanol–water partition coefficient (Wildman–Crippen LogP) is 4.02. The number of benzene rings is 1. The summed E-state index contributed by atoms with van der Waals surface area (Å²) in [5, 5.41) is 3.06. The zero-order chi connectivity index (χ0) is 25.2. The molecule has 0 spiro atoms. The van der Waals surface area contributed by atoms with Crippen LogP contribution in [0.25, 0.3) is 0 Å². The molecule has 0 aliphatic carbocycles. The summed E-state index contributed by atoms with van der Waals surface area (Å²) < 4.78 is 58.9. The molecule has 7 nitrogen and oxygen atoms in total. The van der Waals surface area contributed by atoms with E-state index in [0.717, 1.165) is 44.6 Å². The van der Waals surface area contributed by atoms with Crippen LogP contribution in [-0.2, 0) is 17.5 Å². The number of ether oxygens (including phenoxy) is 1. The van der Waals surface area contributed by atoms with Gasteiger partial charge >= 0.3 is 6.18 Å². The van der Waals surface area contributed by atoms with E-state index in [1.165, 1.54) is 29.1 Å². The fourth-order valence-corrected chi connectivity index (χ4v) is 5.53. The number of carbonyl (C=O) groups excluding carboxylic acids is 1. The molecule has 1 N–H and O–H groups in total. The molecule has 1 aromatic carbocycles. The average Bonchev–Trinajstić information content (AvgIpc) is 2.82. The minimum absolute atomic E-state index is 0.209. The van der Waals surface area contributed by atoms with Gasteiger partial charge in [0.1, 0.15) is 30.2 Å². The normalized spacial score (nSPS) is 17.9. The van der Waals surface area contributed by atoms with Gasteiger partial charge in [0, 0.05) is 18.3 Å². The van der Waals surface area contributed by atoms with Crippen LogP contribution in [0.2, 0.25) is 0 Å². The van der Waals surface area contributed by atoms with Crippen molar-refractivity contribution in [3.63, 3.8) is 0 Å². The number of carbonyl (C=O) groups is 1. The first-order valence-corrected chi connectivity index (χ1v) is 12.7. The second kappa shape index (κ2) is 10.2. The number of hydrogen-bond donors (Lipinski definition) is 1. The number of fused-ring (bicyclic) bond motifs is 1. The molecule has 2 aromatic rings. The van der Waals surface area contributed by atoms with Crippen LogP contribution in [0, 0.1) is 0 Å². The first kappa shape index (κ1) is 25.6. The zero-order valence-electron chi connectivity index (χ0n) is 19.7. The number of likely N-dealkylation sites (tertiary alicyclic amines) is 1. The van der Waals surface area contributed by atoms with E-state index >= 15 is 0 Å². The van der Waals surface area contributed by atoms with Gasteiger partial charge in [0.15, 0.2) is 4.90 Å². The summed E-state index contributed by atoms with van der Waals surface area (Å²) in [7, 11) is 0. The Hall–Kier alpha value is -2.50. The van der Waals surface area contributed by atoms with E-state index in [1.54, 1.807) is 6.07 Å². The number of aromatic nitrogens is 1. The third kappa shape index (κ3) is 6.20. The highest BCUT2D eigenvalue weighted by Gasteiger charge is 2.34. The van der Waals surface area contributed by atoms with Crippen molar-refractivity contribution in [3.8, 4) is 5.88 Å². The summed E-state index contributed by atoms with van der Waals surface area (Å²) >= 11 is -1.80. The van der Waals surface area contributed by atoms with Gasteiger partial charge in [-0.1, -0.05) is 6.42 Å². The van der Waals surface area contributed by atoms with Gasteiger partial charge in [0.2, 0.25) is 5.88 Å². The molecule has 1 unspecified atom stereocenters. The number of anilines is 1. The van der Waals surface area contributed by atoms with Crippen LogP contribution in [0.3, 0.4) is 0 Å². The summed E-state index contributed by atoms with van der Waals surface area (Å²) in [6.45, 7) is 7.14. The lowest BCUT2D eigenvalue weighted by molar-refractivity contribution is -0.137. The summed E-state index contributed by atoms with van der Waals surface area (Å²) in [5.41, 5.74) is -0.636. The highest BCUT2D eigenvalue weighted by atomic mass is 32.2. The maximum absolute atomic E-state index is 13.2. The summed E-state index contributed by atoms with van der Waals surface area (Å²) in [4.78, 5) is 19.9. The molecular formula is C24H29F3N4O3S. The number of halogens is 3. The molecule has 0 saturated carbocycles. The van der Waals surface area contributed by atoms with Gasteiger partial charge < -0.3 is 19.5 Å². The largest absolute Gasteiger partial charge is 0.588 e. The minimum atomic E-state index is -4.47. The van der Waals surface area contributed by atoms with Crippen LogP contribution in [-0.4, -0.2) is 58.7 Å². The lowest BCUT2D eigenvalue weighted by Crippen LogP contribution is -2.52. The molecule has 1 aromatic heterocycles. The molecule has 0 bridgehead atoms. The van der Waals surface area contributed by atoms with Gasteiger partial charge in [-0.15, -0.1) is 0 Å². The quantitative estimate of drug-likeness (QED) is 0.592. The number of piperidine rings is 1. The van der Waals surface area contributed by atoms with Gasteiger partial charge in [-0.3, -0.25) is 4.79 Å². The third-order valence-corrected chi connectivity index (χ3v) is 7.45.